The zero-order valence-corrected chi connectivity index (χ0v) is 11.3. The first-order valence-electron chi connectivity index (χ1n) is 5.74. The highest BCUT2D eigenvalue weighted by Crippen LogP contribution is 2.31. The molecule has 3 atom stereocenters. The third-order valence-electron chi connectivity index (χ3n) is 3.24. The van der Waals surface area contributed by atoms with E-state index in [0.717, 1.165) is 0 Å². The molecule has 9 heteroatoms. The van der Waals surface area contributed by atoms with Gasteiger partial charge in [0.15, 0.2) is 5.25 Å². The molecule has 0 bridgehead atoms. The Morgan fingerprint density at radius 2 is 1.89 bits per heavy atom. The summed E-state index contributed by atoms with van der Waals surface area (Å²) < 4.78 is 62.0. The lowest BCUT2D eigenvalue weighted by molar-refractivity contribution is -0.143. The van der Waals surface area contributed by atoms with Crippen molar-refractivity contribution in [1.29, 1.82) is 0 Å². The van der Waals surface area contributed by atoms with Gasteiger partial charge in [0.05, 0.1) is 5.92 Å². The first-order valence-corrected chi connectivity index (χ1v) is 7.25. The number of hydrogen-bond donors (Lipinski definition) is 1. The predicted molar refractivity (Wildman–Crippen MR) is 60.9 cm³/mol. The van der Waals surface area contributed by atoms with Gasteiger partial charge in [-0.05, 0) is 19.3 Å². The Kier molecular flexibility index (Phi) is 4.51. The Labute approximate surface area is 109 Å². The Morgan fingerprint density at radius 1 is 1.37 bits per heavy atom. The topological polar surface area (TPSA) is 74.7 Å². The van der Waals surface area contributed by atoms with Crippen LogP contribution in [-0.2, 0) is 14.8 Å². The van der Waals surface area contributed by atoms with Crippen LogP contribution in [0.2, 0.25) is 0 Å². The molecule has 0 saturated carbocycles. The average Bonchev–Trinajstić information content (AvgIpc) is 2.25. The highest BCUT2D eigenvalue weighted by Gasteiger charge is 2.49. The van der Waals surface area contributed by atoms with Crippen LogP contribution in [0.3, 0.4) is 0 Å². The van der Waals surface area contributed by atoms with Gasteiger partial charge in [-0.2, -0.15) is 13.2 Å². The second-order valence-electron chi connectivity index (χ2n) is 4.92. The standard InChI is InChI=1S/C10H16F3NO4S/c1-6-3-8(9(15)16)5-14(4-6)19(17,18)7(2)10(11,12)13/h6-8H,3-5H2,1-2H3,(H,15,16). The number of carboxylic acids is 1. The van der Waals surface area contributed by atoms with Crippen LogP contribution in [0.25, 0.3) is 0 Å². The molecule has 0 aliphatic carbocycles. The minimum absolute atomic E-state index is 0.0769. The molecule has 0 radical (unpaired) electrons. The fraction of sp³-hybridized carbons (Fsp3) is 0.900. The minimum atomic E-state index is -4.86. The maximum atomic E-state index is 12.5. The number of hydrogen-bond acceptors (Lipinski definition) is 3. The van der Waals surface area contributed by atoms with Gasteiger partial charge in [-0.25, -0.2) is 12.7 Å². The molecule has 1 N–H and O–H groups in total. The maximum absolute atomic E-state index is 12.5. The summed E-state index contributed by atoms with van der Waals surface area (Å²) in [4.78, 5) is 10.9. The first kappa shape index (κ1) is 16.2. The van der Waals surface area contributed by atoms with Crippen molar-refractivity contribution in [2.75, 3.05) is 13.1 Å². The van der Waals surface area contributed by atoms with Crippen molar-refractivity contribution >= 4 is 16.0 Å². The molecule has 0 aromatic rings. The van der Waals surface area contributed by atoms with Crippen LogP contribution in [0.5, 0.6) is 0 Å². The van der Waals surface area contributed by atoms with E-state index in [0.29, 0.717) is 11.2 Å². The summed E-state index contributed by atoms with van der Waals surface area (Å²) in [6.07, 6.45) is -4.60. The molecule has 19 heavy (non-hydrogen) atoms. The van der Waals surface area contributed by atoms with E-state index >= 15 is 0 Å². The molecule has 0 aromatic carbocycles. The van der Waals surface area contributed by atoms with Gasteiger partial charge in [0.1, 0.15) is 0 Å². The summed E-state index contributed by atoms with van der Waals surface area (Å²) in [6.45, 7) is 1.72. The zero-order chi connectivity index (χ0) is 15.0. The van der Waals surface area contributed by atoms with Gasteiger partial charge in [0.25, 0.3) is 0 Å². The van der Waals surface area contributed by atoms with Gasteiger partial charge in [-0.15, -0.1) is 0 Å². The molecule has 1 heterocycles. The minimum Gasteiger partial charge on any atom is -0.481 e. The van der Waals surface area contributed by atoms with Crippen molar-refractivity contribution in [3.63, 3.8) is 0 Å². The van der Waals surface area contributed by atoms with Crippen LogP contribution in [0.4, 0.5) is 13.2 Å². The molecule has 0 amide bonds. The lowest BCUT2D eigenvalue weighted by Gasteiger charge is -2.35. The number of carbonyl (C=O) groups is 1. The molecule has 1 aliphatic rings. The van der Waals surface area contributed by atoms with E-state index in [9.17, 15) is 26.4 Å². The number of aliphatic carboxylic acids is 1. The number of halogens is 3. The van der Waals surface area contributed by atoms with E-state index < -0.39 is 39.9 Å². The van der Waals surface area contributed by atoms with Gasteiger partial charge in [-0.1, -0.05) is 6.92 Å². The second kappa shape index (κ2) is 5.28. The van der Waals surface area contributed by atoms with Gasteiger partial charge >= 0.3 is 12.1 Å². The molecule has 112 valence electrons. The molecule has 3 unspecified atom stereocenters. The second-order valence-corrected chi connectivity index (χ2v) is 7.18. The summed E-state index contributed by atoms with van der Waals surface area (Å²) in [7, 11) is -4.57. The normalized spacial score (nSPS) is 28.1. The highest BCUT2D eigenvalue weighted by atomic mass is 32.2. The Balaban J connectivity index is 2.98. The number of carboxylic acid groups (broad SMARTS) is 1. The molecule has 1 saturated heterocycles. The van der Waals surface area contributed by atoms with Crippen molar-refractivity contribution in [3.05, 3.63) is 0 Å². The largest absolute Gasteiger partial charge is 0.481 e. The lowest BCUT2D eigenvalue weighted by atomic mass is 9.92. The number of rotatable bonds is 3. The molecular formula is C10H16F3NO4S. The number of nitrogens with zero attached hydrogens (tertiary/aromatic N) is 1. The summed E-state index contributed by atoms with van der Waals surface area (Å²) in [5, 5.41) is 6.37. The first-order chi connectivity index (χ1) is 8.46. The lowest BCUT2D eigenvalue weighted by Crippen LogP contribution is -2.51. The molecule has 5 nitrogen and oxygen atoms in total. The molecule has 1 fully saturated rings. The quantitative estimate of drug-likeness (QED) is 0.853. The van der Waals surface area contributed by atoms with E-state index in [-0.39, 0.29) is 18.9 Å². The average molecular weight is 303 g/mol. The molecule has 0 spiro atoms. The SMILES string of the molecule is CC1CC(C(=O)O)CN(S(=O)(=O)C(C)C(F)(F)F)C1. The summed E-state index contributed by atoms with van der Waals surface area (Å²) >= 11 is 0. The van der Waals surface area contributed by atoms with E-state index in [4.69, 9.17) is 5.11 Å². The Morgan fingerprint density at radius 3 is 2.32 bits per heavy atom. The monoisotopic (exact) mass is 303 g/mol. The third-order valence-corrected chi connectivity index (χ3v) is 5.42. The van der Waals surface area contributed by atoms with Crippen LogP contribution in [0.15, 0.2) is 0 Å². The van der Waals surface area contributed by atoms with E-state index in [1.807, 2.05) is 0 Å². The van der Waals surface area contributed by atoms with Crippen LogP contribution in [0.1, 0.15) is 20.3 Å². The van der Waals surface area contributed by atoms with Crippen molar-refractivity contribution in [2.24, 2.45) is 11.8 Å². The molecular weight excluding hydrogens is 287 g/mol. The van der Waals surface area contributed by atoms with E-state index in [1.54, 1.807) is 6.92 Å². The van der Waals surface area contributed by atoms with Gasteiger partial charge in [0, 0.05) is 13.1 Å². The number of alkyl halides is 3. The van der Waals surface area contributed by atoms with Crippen molar-refractivity contribution in [2.45, 2.75) is 31.7 Å². The molecule has 0 aromatic heterocycles. The molecule has 1 aliphatic heterocycles. The Hall–Kier alpha value is -0.830. The zero-order valence-electron chi connectivity index (χ0n) is 10.5. The third kappa shape index (κ3) is 3.59. The summed E-state index contributed by atoms with van der Waals surface area (Å²) in [6, 6.07) is 0. The van der Waals surface area contributed by atoms with Gasteiger partial charge in [-0.3, -0.25) is 4.79 Å². The highest BCUT2D eigenvalue weighted by molar-refractivity contribution is 7.89. The number of sulfonamides is 1. The smallest absolute Gasteiger partial charge is 0.406 e. The predicted octanol–water partition coefficient (Wildman–Crippen LogP) is 1.31. The van der Waals surface area contributed by atoms with Crippen molar-refractivity contribution in [3.8, 4) is 0 Å². The summed E-state index contributed by atoms with van der Waals surface area (Å²) in [5.41, 5.74) is 0. The van der Waals surface area contributed by atoms with Crippen molar-refractivity contribution in [1.82, 2.24) is 4.31 Å². The maximum Gasteiger partial charge on any atom is 0.406 e. The van der Waals surface area contributed by atoms with Crippen LogP contribution < -0.4 is 0 Å². The molecule has 1 rings (SSSR count). The summed E-state index contributed by atoms with van der Waals surface area (Å²) in [5.74, 6) is -2.43. The van der Waals surface area contributed by atoms with Gasteiger partial charge < -0.3 is 5.11 Å². The van der Waals surface area contributed by atoms with E-state index in [1.165, 1.54) is 0 Å². The van der Waals surface area contributed by atoms with Crippen LogP contribution in [-0.4, -0.2) is 48.3 Å². The fourth-order valence-electron chi connectivity index (χ4n) is 2.08. The van der Waals surface area contributed by atoms with Crippen LogP contribution in [0, 0.1) is 11.8 Å². The fourth-order valence-corrected chi connectivity index (χ4v) is 3.72. The Bertz CT molecular complexity index is 448. The van der Waals surface area contributed by atoms with Gasteiger partial charge in [0.2, 0.25) is 10.0 Å². The van der Waals surface area contributed by atoms with E-state index in [2.05, 4.69) is 0 Å². The van der Waals surface area contributed by atoms with Crippen LogP contribution >= 0.6 is 0 Å². The number of piperidine rings is 1. The van der Waals surface area contributed by atoms with Crippen molar-refractivity contribution < 1.29 is 31.5 Å².